The summed E-state index contributed by atoms with van der Waals surface area (Å²) in [6.07, 6.45) is -4.76. The lowest BCUT2D eigenvalue weighted by molar-refractivity contribution is -0.274. The average Bonchev–Trinajstić information content (AvgIpc) is 2.14. The predicted molar refractivity (Wildman–Crippen MR) is 54.0 cm³/mol. The standard InChI is InChI=1S/C9H7BrF3NO2/c10-7(8(14)15)5-2-1-3-6(4-5)16-9(11,12)13/h1-4,7H,(H2,14,15). The van der Waals surface area contributed by atoms with E-state index in [2.05, 4.69) is 20.7 Å². The molecule has 0 bridgehead atoms. The fraction of sp³-hybridized carbons (Fsp3) is 0.222. The fourth-order valence-electron chi connectivity index (χ4n) is 1.03. The summed E-state index contributed by atoms with van der Waals surface area (Å²) < 4.78 is 39.4. The molecule has 88 valence electrons. The molecule has 1 amide bonds. The van der Waals surface area contributed by atoms with Gasteiger partial charge in [-0.15, -0.1) is 13.2 Å². The van der Waals surface area contributed by atoms with Crippen molar-refractivity contribution in [2.45, 2.75) is 11.2 Å². The molecule has 0 radical (unpaired) electrons. The summed E-state index contributed by atoms with van der Waals surface area (Å²) in [4.78, 5) is 9.97. The molecule has 16 heavy (non-hydrogen) atoms. The Morgan fingerprint density at radius 1 is 1.44 bits per heavy atom. The van der Waals surface area contributed by atoms with Crippen LogP contribution in [0.2, 0.25) is 0 Å². The van der Waals surface area contributed by atoms with E-state index in [-0.39, 0.29) is 0 Å². The zero-order valence-corrected chi connectivity index (χ0v) is 9.38. The van der Waals surface area contributed by atoms with Crippen LogP contribution in [0.5, 0.6) is 5.75 Å². The van der Waals surface area contributed by atoms with Gasteiger partial charge in [-0.25, -0.2) is 0 Å². The van der Waals surface area contributed by atoms with E-state index in [4.69, 9.17) is 5.73 Å². The first-order valence-corrected chi connectivity index (χ1v) is 5.00. The Balaban J connectivity index is 2.91. The number of rotatable bonds is 3. The Bertz CT molecular complexity index is 395. The molecule has 0 aliphatic rings. The van der Waals surface area contributed by atoms with Gasteiger partial charge in [0.2, 0.25) is 5.91 Å². The van der Waals surface area contributed by atoms with Crippen molar-refractivity contribution in [2.24, 2.45) is 5.73 Å². The number of amides is 1. The van der Waals surface area contributed by atoms with Gasteiger partial charge < -0.3 is 10.5 Å². The van der Waals surface area contributed by atoms with Crippen LogP contribution in [0.25, 0.3) is 0 Å². The summed E-state index contributed by atoms with van der Waals surface area (Å²) in [5.41, 5.74) is 5.30. The van der Waals surface area contributed by atoms with E-state index in [0.29, 0.717) is 5.56 Å². The van der Waals surface area contributed by atoms with Crippen LogP contribution < -0.4 is 10.5 Å². The third-order valence-electron chi connectivity index (χ3n) is 1.63. The van der Waals surface area contributed by atoms with E-state index in [9.17, 15) is 18.0 Å². The number of hydrogen-bond acceptors (Lipinski definition) is 2. The smallest absolute Gasteiger partial charge is 0.406 e. The van der Waals surface area contributed by atoms with Crippen LogP contribution in [-0.4, -0.2) is 12.3 Å². The van der Waals surface area contributed by atoms with Crippen molar-refractivity contribution in [1.29, 1.82) is 0 Å². The van der Waals surface area contributed by atoms with E-state index >= 15 is 0 Å². The van der Waals surface area contributed by atoms with E-state index < -0.39 is 22.8 Å². The average molecular weight is 298 g/mol. The largest absolute Gasteiger partial charge is 0.573 e. The predicted octanol–water partition coefficient (Wildman–Crippen LogP) is 2.51. The van der Waals surface area contributed by atoms with Crippen molar-refractivity contribution in [2.75, 3.05) is 0 Å². The molecular formula is C9H7BrF3NO2. The van der Waals surface area contributed by atoms with E-state index in [0.717, 1.165) is 12.1 Å². The third kappa shape index (κ3) is 3.73. The second kappa shape index (κ2) is 4.73. The van der Waals surface area contributed by atoms with Crippen molar-refractivity contribution >= 4 is 21.8 Å². The van der Waals surface area contributed by atoms with Crippen LogP contribution in [0.3, 0.4) is 0 Å². The van der Waals surface area contributed by atoms with Gasteiger partial charge in [-0.1, -0.05) is 28.1 Å². The number of halogens is 4. The lowest BCUT2D eigenvalue weighted by atomic mass is 10.1. The minimum Gasteiger partial charge on any atom is -0.406 e. The molecule has 1 aromatic carbocycles. The molecule has 0 aliphatic carbocycles. The number of hydrogen-bond donors (Lipinski definition) is 1. The first-order chi connectivity index (χ1) is 7.29. The Morgan fingerprint density at radius 2 is 2.06 bits per heavy atom. The number of benzene rings is 1. The molecule has 1 unspecified atom stereocenters. The lowest BCUT2D eigenvalue weighted by Crippen LogP contribution is -2.18. The van der Waals surface area contributed by atoms with Crippen LogP contribution >= 0.6 is 15.9 Å². The molecule has 0 saturated heterocycles. The molecule has 0 aliphatic heterocycles. The zero-order chi connectivity index (χ0) is 12.3. The van der Waals surface area contributed by atoms with Crippen molar-refractivity contribution in [3.8, 4) is 5.75 Å². The fourth-order valence-corrected chi connectivity index (χ4v) is 1.32. The Labute approximate surface area is 97.5 Å². The van der Waals surface area contributed by atoms with Gasteiger partial charge in [0.05, 0.1) is 0 Å². The molecule has 3 nitrogen and oxygen atoms in total. The summed E-state index contributed by atoms with van der Waals surface area (Å²) in [7, 11) is 0. The highest BCUT2D eigenvalue weighted by molar-refractivity contribution is 9.09. The monoisotopic (exact) mass is 297 g/mol. The second-order valence-corrected chi connectivity index (χ2v) is 3.80. The second-order valence-electron chi connectivity index (χ2n) is 2.89. The number of primary amides is 1. The number of alkyl halides is 4. The minimum absolute atomic E-state index is 0.300. The highest BCUT2D eigenvalue weighted by Gasteiger charge is 2.31. The molecule has 2 N–H and O–H groups in total. The molecule has 1 aromatic rings. The van der Waals surface area contributed by atoms with Gasteiger partial charge in [-0.05, 0) is 17.7 Å². The van der Waals surface area contributed by atoms with Gasteiger partial charge in [0.1, 0.15) is 10.6 Å². The van der Waals surface area contributed by atoms with Gasteiger partial charge in [0, 0.05) is 0 Å². The maximum absolute atomic E-state index is 11.9. The Hall–Kier alpha value is -1.24. The van der Waals surface area contributed by atoms with Gasteiger partial charge in [0.25, 0.3) is 0 Å². The van der Waals surface area contributed by atoms with Crippen molar-refractivity contribution in [1.82, 2.24) is 0 Å². The van der Waals surface area contributed by atoms with E-state index in [1.54, 1.807) is 0 Å². The normalized spacial score (nSPS) is 13.2. The summed E-state index contributed by atoms with van der Waals surface area (Å²) in [5.74, 6) is -1.08. The Kier molecular flexibility index (Phi) is 3.79. The molecule has 0 saturated carbocycles. The minimum atomic E-state index is -4.76. The molecule has 0 aromatic heterocycles. The van der Waals surface area contributed by atoms with Crippen LogP contribution in [0, 0.1) is 0 Å². The van der Waals surface area contributed by atoms with Gasteiger partial charge in [0.15, 0.2) is 0 Å². The molecule has 1 rings (SSSR count). The molecule has 0 heterocycles. The molecule has 0 spiro atoms. The molecular weight excluding hydrogens is 291 g/mol. The number of carbonyl (C=O) groups excluding carboxylic acids is 1. The Morgan fingerprint density at radius 3 is 2.56 bits per heavy atom. The molecule has 0 fully saturated rings. The van der Waals surface area contributed by atoms with Gasteiger partial charge in [-0.3, -0.25) is 4.79 Å². The topological polar surface area (TPSA) is 52.3 Å². The quantitative estimate of drug-likeness (QED) is 0.872. The lowest BCUT2D eigenvalue weighted by Gasteiger charge is -2.11. The van der Waals surface area contributed by atoms with Gasteiger partial charge in [-0.2, -0.15) is 0 Å². The summed E-state index contributed by atoms with van der Waals surface area (Å²) in [5, 5.41) is 0. The van der Waals surface area contributed by atoms with Crippen LogP contribution in [0.4, 0.5) is 13.2 Å². The van der Waals surface area contributed by atoms with Crippen molar-refractivity contribution in [3.05, 3.63) is 29.8 Å². The summed E-state index contributed by atoms with van der Waals surface area (Å²) >= 11 is 2.95. The first kappa shape index (κ1) is 12.8. The molecule has 1 atom stereocenters. The van der Waals surface area contributed by atoms with E-state index in [1.165, 1.54) is 12.1 Å². The van der Waals surface area contributed by atoms with Gasteiger partial charge >= 0.3 is 6.36 Å². The first-order valence-electron chi connectivity index (χ1n) is 4.08. The van der Waals surface area contributed by atoms with Crippen LogP contribution in [0.15, 0.2) is 24.3 Å². The SMILES string of the molecule is NC(=O)C(Br)c1cccc(OC(F)(F)F)c1. The van der Waals surface area contributed by atoms with Crippen molar-refractivity contribution < 1.29 is 22.7 Å². The number of ether oxygens (including phenoxy) is 1. The maximum atomic E-state index is 11.9. The third-order valence-corrected chi connectivity index (χ3v) is 2.61. The highest BCUT2D eigenvalue weighted by atomic mass is 79.9. The summed E-state index contributed by atoms with van der Waals surface area (Å²) in [6.45, 7) is 0. The van der Waals surface area contributed by atoms with E-state index in [1.807, 2.05) is 0 Å². The van der Waals surface area contributed by atoms with Crippen molar-refractivity contribution in [3.63, 3.8) is 0 Å². The maximum Gasteiger partial charge on any atom is 0.573 e. The summed E-state index contributed by atoms with van der Waals surface area (Å²) in [6, 6.07) is 5.04. The number of nitrogens with two attached hydrogens (primary N) is 1. The van der Waals surface area contributed by atoms with Crippen LogP contribution in [-0.2, 0) is 4.79 Å². The highest BCUT2D eigenvalue weighted by Crippen LogP contribution is 2.28. The zero-order valence-electron chi connectivity index (χ0n) is 7.79. The number of carbonyl (C=O) groups is 1. The molecule has 7 heteroatoms. The van der Waals surface area contributed by atoms with Crippen LogP contribution in [0.1, 0.15) is 10.4 Å².